The molecular formula is C20H31N7O. The predicted molar refractivity (Wildman–Crippen MR) is 110 cm³/mol. The first kappa shape index (κ1) is 20.3. The van der Waals surface area contributed by atoms with Gasteiger partial charge < -0.3 is 15.5 Å². The summed E-state index contributed by atoms with van der Waals surface area (Å²) < 4.78 is 1.89. The predicted octanol–water partition coefficient (Wildman–Crippen LogP) is 1.68. The Kier molecular flexibility index (Phi) is 5.98. The van der Waals surface area contributed by atoms with Gasteiger partial charge in [-0.15, -0.1) is 0 Å². The van der Waals surface area contributed by atoms with E-state index in [0.717, 1.165) is 48.8 Å². The van der Waals surface area contributed by atoms with Crippen molar-refractivity contribution in [3.05, 3.63) is 34.5 Å². The molecule has 0 aliphatic carbocycles. The highest BCUT2D eigenvalue weighted by Gasteiger charge is 2.26. The second-order valence-electron chi connectivity index (χ2n) is 7.84. The summed E-state index contributed by atoms with van der Waals surface area (Å²) in [6.07, 6.45) is 3.14. The van der Waals surface area contributed by atoms with Crippen molar-refractivity contribution in [1.82, 2.24) is 30.4 Å². The Balaban J connectivity index is 1.69. The van der Waals surface area contributed by atoms with Crippen LogP contribution < -0.4 is 15.5 Å². The van der Waals surface area contributed by atoms with Gasteiger partial charge in [0.1, 0.15) is 5.82 Å². The molecule has 0 unspecified atom stereocenters. The van der Waals surface area contributed by atoms with E-state index in [1.54, 1.807) is 7.05 Å². The van der Waals surface area contributed by atoms with Gasteiger partial charge in [-0.25, -0.2) is 9.97 Å². The summed E-state index contributed by atoms with van der Waals surface area (Å²) in [5.41, 5.74) is 4.29. The number of rotatable bonds is 6. The van der Waals surface area contributed by atoms with Crippen molar-refractivity contribution in [1.29, 1.82) is 0 Å². The lowest BCUT2D eigenvalue weighted by Gasteiger charge is -2.21. The van der Waals surface area contributed by atoms with Crippen LogP contribution in [0.25, 0.3) is 0 Å². The molecule has 2 aromatic heterocycles. The van der Waals surface area contributed by atoms with Crippen LogP contribution in [0.2, 0.25) is 0 Å². The van der Waals surface area contributed by atoms with E-state index in [9.17, 15) is 4.79 Å². The van der Waals surface area contributed by atoms with E-state index in [2.05, 4.69) is 50.6 Å². The van der Waals surface area contributed by atoms with Crippen LogP contribution in [0.15, 0.2) is 6.20 Å². The minimum atomic E-state index is -0.254. The molecule has 28 heavy (non-hydrogen) atoms. The third-order valence-electron chi connectivity index (χ3n) is 5.35. The third kappa shape index (κ3) is 4.16. The molecule has 152 valence electrons. The van der Waals surface area contributed by atoms with E-state index in [0.29, 0.717) is 12.0 Å². The van der Waals surface area contributed by atoms with Crippen molar-refractivity contribution in [3.63, 3.8) is 0 Å². The van der Waals surface area contributed by atoms with Crippen molar-refractivity contribution >= 4 is 11.7 Å². The van der Waals surface area contributed by atoms with Crippen molar-refractivity contribution in [3.8, 4) is 0 Å². The number of hydrogen-bond acceptors (Lipinski definition) is 6. The molecule has 0 aromatic carbocycles. The number of carbonyl (C=O) groups is 1. The van der Waals surface area contributed by atoms with Gasteiger partial charge in [0.2, 0.25) is 5.82 Å². The number of hydrogen-bond donors (Lipinski definition) is 2. The Morgan fingerprint density at radius 1 is 1.32 bits per heavy atom. The highest BCUT2D eigenvalue weighted by Crippen LogP contribution is 2.24. The standard InChI is InChI=1S/C20H31N7O/c1-12(2)17-15(10-26(6)25-17)9-22-16-7-8-27(11-16)19-13(3)14(4)23-18(24-19)20(28)21-5/h10,12,16,22H,7-9,11H2,1-6H3,(H,21,28)/t16-/m1/s1. The lowest BCUT2D eigenvalue weighted by Crippen LogP contribution is -2.33. The smallest absolute Gasteiger partial charge is 0.288 e. The highest BCUT2D eigenvalue weighted by molar-refractivity contribution is 5.90. The molecule has 2 aromatic rings. The molecule has 3 heterocycles. The highest BCUT2D eigenvalue weighted by atomic mass is 16.2. The summed E-state index contributed by atoms with van der Waals surface area (Å²) in [7, 11) is 3.57. The molecular weight excluding hydrogens is 354 g/mol. The van der Waals surface area contributed by atoms with E-state index in [4.69, 9.17) is 0 Å². The molecule has 0 bridgehead atoms. The summed E-state index contributed by atoms with van der Waals surface area (Å²) in [5.74, 6) is 1.25. The lowest BCUT2D eigenvalue weighted by molar-refractivity contribution is 0.0952. The van der Waals surface area contributed by atoms with Crippen LogP contribution in [0, 0.1) is 13.8 Å². The quantitative estimate of drug-likeness (QED) is 0.787. The maximum atomic E-state index is 12.0. The van der Waals surface area contributed by atoms with E-state index < -0.39 is 0 Å². The number of amides is 1. The second-order valence-corrected chi connectivity index (χ2v) is 7.84. The maximum absolute atomic E-state index is 12.0. The van der Waals surface area contributed by atoms with Gasteiger partial charge >= 0.3 is 0 Å². The van der Waals surface area contributed by atoms with Gasteiger partial charge in [0.15, 0.2) is 0 Å². The monoisotopic (exact) mass is 385 g/mol. The molecule has 8 heteroatoms. The Hall–Kier alpha value is -2.48. The number of carbonyl (C=O) groups excluding carboxylic acids is 1. The Labute approximate surface area is 166 Å². The van der Waals surface area contributed by atoms with Gasteiger partial charge in [-0.3, -0.25) is 9.48 Å². The molecule has 2 N–H and O–H groups in total. The van der Waals surface area contributed by atoms with E-state index >= 15 is 0 Å². The zero-order valence-corrected chi connectivity index (χ0v) is 17.7. The molecule has 0 radical (unpaired) electrons. The number of aryl methyl sites for hydroxylation is 2. The zero-order valence-electron chi connectivity index (χ0n) is 17.7. The zero-order chi connectivity index (χ0) is 20.4. The fourth-order valence-electron chi connectivity index (χ4n) is 3.69. The van der Waals surface area contributed by atoms with Crippen LogP contribution in [-0.4, -0.2) is 51.8 Å². The van der Waals surface area contributed by atoms with Crippen LogP contribution in [-0.2, 0) is 13.6 Å². The Morgan fingerprint density at radius 2 is 2.07 bits per heavy atom. The van der Waals surface area contributed by atoms with E-state index in [-0.39, 0.29) is 11.7 Å². The van der Waals surface area contributed by atoms with Crippen LogP contribution in [0.3, 0.4) is 0 Å². The number of aromatic nitrogens is 4. The van der Waals surface area contributed by atoms with E-state index in [1.807, 2.05) is 25.6 Å². The summed E-state index contributed by atoms with van der Waals surface area (Å²) in [6, 6.07) is 0.373. The van der Waals surface area contributed by atoms with Gasteiger partial charge in [-0.1, -0.05) is 13.8 Å². The third-order valence-corrected chi connectivity index (χ3v) is 5.35. The Morgan fingerprint density at radius 3 is 2.75 bits per heavy atom. The molecule has 3 rings (SSSR count). The van der Waals surface area contributed by atoms with Gasteiger partial charge in [0.25, 0.3) is 5.91 Å². The largest absolute Gasteiger partial charge is 0.355 e. The van der Waals surface area contributed by atoms with Crippen LogP contribution in [0.4, 0.5) is 5.82 Å². The van der Waals surface area contributed by atoms with Crippen molar-refractivity contribution in [2.75, 3.05) is 25.0 Å². The topological polar surface area (TPSA) is 88.0 Å². The molecule has 1 aliphatic heterocycles. The first-order chi connectivity index (χ1) is 13.3. The molecule has 1 atom stereocenters. The first-order valence-electron chi connectivity index (χ1n) is 9.88. The molecule has 1 amide bonds. The molecule has 8 nitrogen and oxygen atoms in total. The maximum Gasteiger partial charge on any atom is 0.288 e. The summed E-state index contributed by atoms with van der Waals surface area (Å²) >= 11 is 0. The second kappa shape index (κ2) is 8.26. The van der Waals surface area contributed by atoms with Crippen molar-refractivity contribution in [2.45, 2.75) is 52.6 Å². The molecule has 0 saturated carbocycles. The van der Waals surface area contributed by atoms with Crippen molar-refractivity contribution < 1.29 is 4.79 Å². The fraction of sp³-hybridized carbons (Fsp3) is 0.600. The Bertz CT molecular complexity index is 858. The molecule has 1 aliphatic rings. The average Bonchev–Trinajstić information content (AvgIpc) is 3.27. The van der Waals surface area contributed by atoms with Gasteiger partial charge in [0, 0.05) is 62.8 Å². The molecule has 0 spiro atoms. The first-order valence-corrected chi connectivity index (χ1v) is 9.88. The number of nitrogens with one attached hydrogen (secondary N) is 2. The SMILES string of the molecule is CNC(=O)c1nc(C)c(C)c(N2CC[C@@H](NCc3cn(C)nc3C(C)C)C2)n1. The summed E-state index contributed by atoms with van der Waals surface area (Å²) in [4.78, 5) is 23.1. The van der Waals surface area contributed by atoms with Crippen LogP contribution in [0.1, 0.15) is 59.3 Å². The normalized spacial score (nSPS) is 16.8. The van der Waals surface area contributed by atoms with Gasteiger partial charge in [-0.2, -0.15) is 5.10 Å². The van der Waals surface area contributed by atoms with Crippen molar-refractivity contribution in [2.24, 2.45) is 7.05 Å². The van der Waals surface area contributed by atoms with E-state index in [1.165, 1.54) is 5.56 Å². The minimum Gasteiger partial charge on any atom is -0.355 e. The lowest BCUT2D eigenvalue weighted by atomic mass is 10.1. The van der Waals surface area contributed by atoms with Gasteiger partial charge in [-0.05, 0) is 26.2 Å². The fourth-order valence-corrected chi connectivity index (χ4v) is 3.69. The molecule has 1 saturated heterocycles. The average molecular weight is 386 g/mol. The van der Waals surface area contributed by atoms with Crippen LogP contribution in [0.5, 0.6) is 0 Å². The van der Waals surface area contributed by atoms with Gasteiger partial charge in [0.05, 0.1) is 5.69 Å². The summed E-state index contributed by atoms with van der Waals surface area (Å²) in [6.45, 7) is 10.9. The number of anilines is 1. The number of nitrogens with zero attached hydrogens (tertiary/aromatic N) is 5. The minimum absolute atomic E-state index is 0.231. The summed E-state index contributed by atoms with van der Waals surface area (Å²) in [5, 5.41) is 10.9. The van der Waals surface area contributed by atoms with Crippen LogP contribution >= 0.6 is 0 Å². The molecule has 1 fully saturated rings.